The molecule has 110 valence electrons. The summed E-state index contributed by atoms with van der Waals surface area (Å²) in [6.45, 7) is 2.05. The minimum atomic E-state index is -1.09. The molecule has 0 saturated carbocycles. The lowest BCUT2D eigenvalue weighted by Gasteiger charge is -2.08. The number of rotatable bonds is 4. The normalized spacial score (nSPS) is 10.2. The number of hydrogen-bond donors (Lipinski definition) is 3. The van der Waals surface area contributed by atoms with Gasteiger partial charge in [0.2, 0.25) is 0 Å². The van der Waals surface area contributed by atoms with Crippen LogP contribution in [0.25, 0.3) is 0 Å². The molecule has 0 unspecified atom stereocenters. The van der Waals surface area contributed by atoms with E-state index in [4.69, 9.17) is 16.7 Å². The molecule has 0 aliphatic rings. The lowest BCUT2D eigenvalue weighted by Crippen LogP contribution is -2.28. The summed E-state index contributed by atoms with van der Waals surface area (Å²) in [5.41, 5.74) is 1.47. The second-order valence-electron chi connectivity index (χ2n) is 4.22. The van der Waals surface area contributed by atoms with Crippen LogP contribution in [0.2, 0.25) is 5.02 Å². The summed E-state index contributed by atoms with van der Waals surface area (Å²) in [4.78, 5) is 26.3. The van der Waals surface area contributed by atoms with Crippen molar-refractivity contribution >= 4 is 40.6 Å². The minimum absolute atomic E-state index is 0.0289. The number of aromatic carboxylic acids is 1. The van der Waals surface area contributed by atoms with Crippen molar-refractivity contribution in [3.63, 3.8) is 0 Å². The largest absolute Gasteiger partial charge is 0.476 e. The van der Waals surface area contributed by atoms with E-state index in [1.807, 2.05) is 13.0 Å². The SMILES string of the molecule is Cc1ccc(NC(=O)NCc2nc(C(=O)O)cs2)c(Cl)c1. The monoisotopic (exact) mass is 325 g/mol. The van der Waals surface area contributed by atoms with Crippen molar-refractivity contribution in [3.8, 4) is 0 Å². The Morgan fingerprint density at radius 3 is 2.81 bits per heavy atom. The van der Waals surface area contributed by atoms with Gasteiger partial charge in [0.25, 0.3) is 0 Å². The van der Waals surface area contributed by atoms with E-state index in [-0.39, 0.29) is 12.2 Å². The molecule has 2 rings (SSSR count). The number of aryl methyl sites for hydroxylation is 1. The fourth-order valence-electron chi connectivity index (χ4n) is 1.53. The van der Waals surface area contributed by atoms with Crippen molar-refractivity contribution in [2.45, 2.75) is 13.5 Å². The van der Waals surface area contributed by atoms with Gasteiger partial charge < -0.3 is 15.7 Å². The second-order valence-corrected chi connectivity index (χ2v) is 5.57. The third-order valence-corrected chi connectivity index (χ3v) is 3.71. The first-order valence-corrected chi connectivity index (χ1v) is 7.20. The summed E-state index contributed by atoms with van der Waals surface area (Å²) >= 11 is 7.18. The Morgan fingerprint density at radius 2 is 2.19 bits per heavy atom. The van der Waals surface area contributed by atoms with Crippen molar-refractivity contribution in [1.29, 1.82) is 0 Å². The number of anilines is 1. The van der Waals surface area contributed by atoms with Crippen LogP contribution >= 0.6 is 22.9 Å². The number of aromatic nitrogens is 1. The number of urea groups is 1. The Morgan fingerprint density at radius 1 is 1.43 bits per heavy atom. The number of carbonyl (C=O) groups excluding carboxylic acids is 1. The first-order valence-electron chi connectivity index (χ1n) is 5.94. The molecule has 0 bridgehead atoms. The van der Waals surface area contributed by atoms with Crippen LogP contribution in [0.1, 0.15) is 21.1 Å². The summed E-state index contributed by atoms with van der Waals surface area (Å²) < 4.78 is 0. The van der Waals surface area contributed by atoms with Crippen LogP contribution in [0.4, 0.5) is 10.5 Å². The van der Waals surface area contributed by atoms with Gasteiger partial charge in [0, 0.05) is 5.38 Å². The highest BCUT2D eigenvalue weighted by atomic mass is 35.5. The second kappa shape index (κ2) is 6.55. The molecule has 0 spiro atoms. The van der Waals surface area contributed by atoms with Crippen LogP contribution in [-0.2, 0) is 6.54 Å². The van der Waals surface area contributed by atoms with Gasteiger partial charge in [-0.3, -0.25) is 0 Å². The van der Waals surface area contributed by atoms with E-state index < -0.39 is 12.0 Å². The molecular weight excluding hydrogens is 314 g/mol. The summed E-state index contributed by atoms with van der Waals surface area (Å²) in [5.74, 6) is -1.09. The Bertz CT molecular complexity index is 687. The predicted octanol–water partition coefficient (Wildman–Crippen LogP) is 3.12. The average Bonchev–Trinajstić information content (AvgIpc) is 2.89. The Labute approximate surface area is 129 Å². The molecule has 2 amide bonds. The summed E-state index contributed by atoms with van der Waals surface area (Å²) in [5, 5.41) is 16.3. The summed E-state index contributed by atoms with van der Waals surface area (Å²) in [6, 6.07) is 4.86. The van der Waals surface area contributed by atoms with Gasteiger partial charge in [-0.05, 0) is 24.6 Å². The Kier molecular flexibility index (Phi) is 4.77. The van der Waals surface area contributed by atoms with Crippen LogP contribution in [0.15, 0.2) is 23.6 Å². The molecule has 2 aromatic rings. The highest BCUT2D eigenvalue weighted by molar-refractivity contribution is 7.09. The standard InChI is InChI=1S/C13H12ClN3O3S/c1-7-2-3-9(8(14)4-7)17-13(20)15-5-11-16-10(6-21-11)12(18)19/h2-4,6H,5H2,1H3,(H,18,19)(H2,15,17,20). The first-order chi connectivity index (χ1) is 9.95. The van der Waals surface area contributed by atoms with Crippen LogP contribution in [0, 0.1) is 6.92 Å². The number of halogens is 1. The Balaban J connectivity index is 1.91. The number of thiazole rings is 1. The molecule has 0 radical (unpaired) electrons. The summed E-state index contributed by atoms with van der Waals surface area (Å²) in [6.07, 6.45) is 0. The fraction of sp³-hybridized carbons (Fsp3) is 0.154. The minimum Gasteiger partial charge on any atom is -0.476 e. The van der Waals surface area contributed by atoms with Crippen molar-refractivity contribution in [2.75, 3.05) is 5.32 Å². The van der Waals surface area contributed by atoms with Gasteiger partial charge in [-0.15, -0.1) is 11.3 Å². The number of nitrogens with one attached hydrogen (secondary N) is 2. The predicted molar refractivity (Wildman–Crippen MR) is 81.1 cm³/mol. The average molecular weight is 326 g/mol. The van der Waals surface area contributed by atoms with E-state index in [9.17, 15) is 9.59 Å². The third kappa shape index (κ3) is 4.17. The maximum absolute atomic E-state index is 11.7. The molecule has 1 aromatic heterocycles. The van der Waals surface area contributed by atoms with E-state index in [1.54, 1.807) is 12.1 Å². The molecule has 3 N–H and O–H groups in total. The molecule has 0 atom stereocenters. The maximum atomic E-state index is 11.7. The van der Waals surface area contributed by atoms with Gasteiger partial charge in [0.05, 0.1) is 17.3 Å². The Hall–Kier alpha value is -2.12. The van der Waals surface area contributed by atoms with E-state index >= 15 is 0 Å². The van der Waals surface area contributed by atoms with Crippen LogP contribution in [0.3, 0.4) is 0 Å². The molecule has 0 saturated heterocycles. The topological polar surface area (TPSA) is 91.3 Å². The number of nitrogens with zero attached hydrogens (tertiary/aromatic N) is 1. The lowest BCUT2D eigenvalue weighted by atomic mass is 10.2. The summed E-state index contributed by atoms with van der Waals surface area (Å²) in [7, 11) is 0. The van der Waals surface area contributed by atoms with Crippen molar-refractivity contribution in [3.05, 3.63) is 44.9 Å². The smallest absolute Gasteiger partial charge is 0.355 e. The van der Waals surface area contributed by atoms with Gasteiger partial charge in [-0.25, -0.2) is 14.6 Å². The van der Waals surface area contributed by atoms with E-state index in [1.165, 1.54) is 16.7 Å². The number of carboxylic acids is 1. The van der Waals surface area contributed by atoms with Crippen molar-refractivity contribution in [2.24, 2.45) is 0 Å². The number of hydrogen-bond acceptors (Lipinski definition) is 4. The van der Waals surface area contributed by atoms with E-state index in [0.717, 1.165) is 5.56 Å². The number of benzene rings is 1. The van der Waals surface area contributed by atoms with Crippen molar-refractivity contribution < 1.29 is 14.7 Å². The van der Waals surface area contributed by atoms with Crippen LogP contribution in [-0.4, -0.2) is 22.1 Å². The molecule has 1 heterocycles. The number of carbonyl (C=O) groups is 2. The molecule has 21 heavy (non-hydrogen) atoms. The van der Waals surface area contributed by atoms with Gasteiger partial charge >= 0.3 is 12.0 Å². The zero-order chi connectivity index (χ0) is 15.4. The molecule has 0 aliphatic heterocycles. The van der Waals surface area contributed by atoms with Crippen LogP contribution < -0.4 is 10.6 Å². The highest BCUT2D eigenvalue weighted by Gasteiger charge is 2.10. The lowest BCUT2D eigenvalue weighted by molar-refractivity contribution is 0.0691. The fourth-order valence-corrected chi connectivity index (χ4v) is 2.52. The molecule has 6 nitrogen and oxygen atoms in total. The van der Waals surface area contributed by atoms with Crippen LogP contribution in [0.5, 0.6) is 0 Å². The van der Waals surface area contributed by atoms with Crippen molar-refractivity contribution in [1.82, 2.24) is 10.3 Å². The van der Waals surface area contributed by atoms with Gasteiger partial charge in [0.1, 0.15) is 5.01 Å². The van der Waals surface area contributed by atoms with Gasteiger partial charge in [0.15, 0.2) is 5.69 Å². The van der Waals surface area contributed by atoms with E-state index in [2.05, 4.69) is 15.6 Å². The van der Waals surface area contributed by atoms with E-state index in [0.29, 0.717) is 15.7 Å². The third-order valence-electron chi connectivity index (χ3n) is 2.54. The molecule has 8 heteroatoms. The number of amides is 2. The maximum Gasteiger partial charge on any atom is 0.355 e. The zero-order valence-corrected chi connectivity index (χ0v) is 12.6. The molecule has 0 fully saturated rings. The van der Waals surface area contributed by atoms with Gasteiger partial charge in [-0.1, -0.05) is 17.7 Å². The zero-order valence-electron chi connectivity index (χ0n) is 11.0. The molecule has 1 aromatic carbocycles. The first kappa shape index (κ1) is 15.3. The highest BCUT2D eigenvalue weighted by Crippen LogP contribution is 2.22. The molecular formula is C13H12ClN3O3S. The quantitative estimate of drug-likeness (QED) is 0.805. The molecule has 0 aliphatic carbocycles. The number of carboxylic acid groups (broad SMARTS) is 1. The van der Waals surface area contributed by atoms with Gasteiger partial charge in [-0.2, -0.15) is 0 Å².